The molecule has 0 amide bonds. The van der Waals surface area contributed by atoms with Crippen LogP contribution in [0.2, 0.25) is 0 Å². The summed E-state index contributed by atoms with van der Waals surface area (Å²) < 4.78 is 5.59. The van der Waals surface area contributed by atoms with Crippen LogP contribution in [-0.2, 0) is 6.42 Å². The van der Waals surface area contributed by atoms with E-state index in [1.807, 2.05) is 6.26 Å². The van der Waals surface area contributed by atoms with E-state index in [0.717, 1.165) is 19.5 Å². The molecule has 82 valence electrons. The van der Waals surface area contributed by atoms with E-state index in [-0.39, 0.29) is 0 Å². The average Bonchev–Trinajstić information content (AvgIpc) is 2.87. The molecule has 1 fully saturated rings. The summed E-state index contributed by atoms with van der Waals surface area (Å²) in [7, 11) is 0. The van der Waals surface area contributed by atoms with Crippen LogP contribution in [0.1, 0.15) is 30.2 Å². The number of fused-ring (bicyclic) bond motifs is 1. The standard InChI is InChI=1S/C12H18N2O/c1-2-7-14(6-1)9-11-12-10(3-5-13-11)4-8-15-12/h4,8,11,13H,1-3,5-7,9H2. The Morgan fingerprint density at radius 3 is 3.13 bits per heavy atom. The summed E-state index contributed by atoms with van der Waals surface area (Å²) in [6.45, 7) is 4.72. The summed E-state index contributed by atoms with van der Waals surface area (Å²) >= 11 is 0. The first-order valence-electron chi connectivity index (χ1n) is 5.95. The van der Waals surface area contributed by atoms with Crippen LogP contribution < -0.4 is 5.32 Å². The van der Waals surface area contributed by atoms with Crippen LogP contribution in [0.4, 0.5) is 0 Å². The quantitative estimate of drug-likeness (QED) is 0.796. The largest absolute Gasteiger partial charge is 0.467 e. The highest BCUT2D eigenvalue weighted by atomic mass is 16.3. The predicted molar refractivity (Wildman–Crippen MR) is 58.8 cm³/mol. The molecule has 3 heterocycles. The van der Waals surface area contributed by atoms with Crippen molar-refractivity contribution in [1.82, 2.24) is 10.2 Å². The first kappa shape index (κ1) is 9.43. The molecule has 1 atom stereocenters. The second-order valence-corrected chi connectivity index (χ2v) is 4.57. The SMILES string of the molecule is c1cc2c(o1)C(CN1CCCC1)NCC2. The summed E-state index contributed by atoms with van der Waals surface area (Å²) in [5.74, 6) is 1.17. The van der Waals surface area contributed by atoms with Crippen molar-refractivity contribution in [1.29, 1.82) is 0 Å². The molecule has 2 aliphatic heterocycles. The molecule has 1 aromatic heterocycles. The van der Waals surface area contributed by atoms with Crippen LogP contribution in [-0.4, -0.2) is 31.1 Å². The Morgan fingerprint density at radius 2 is 2.27 bits per heavy atom. The van der Waals surface area contributed by atoms with Crippen molar-refractivity contribution in [3.05, 3.63) is 23.7 Å². The van der Waals surface area contributed by atoms with Crippen LogP contribution in [0.5, 0.6) is 0 Å². The van der Waals surface area contributed by atoms with E-state index in [0.29, 0.717) is 6.04 Å². The zero-order valence-electron chi connectivity index (χ0n) is 9.04. The van der Waals surface area contributed by atoms with Gasteiger partial charge < -0.3 is 14.6 Å². The summed E-state index contributed by atoms with van der Waals surface area (Å²) in [5.41, 5.74) is 1.40. The fourth-order valence-electron chi connectivity index (χ4n) is 2.70. The molecule has 3 nitrogen and oxygen atoms in total. The molecule has 0 aromatic carbocycles. The van der Waals surface area contributed by atoms with Gasteiger partial charge in [-0.25, -0.2) is 0 Å². The Kier molecular flexibility index (Phi) is 2.51. The van der Waals surface area contributed by atoms with E-state index < -0.39 is 0 Å². The first-order chi connectivity index (χ1) is 7.43. The maximum absolute atomic E-state index is 5.59. The third-order valence-electron chi connectivity index (χ3n) is 3.52. The summed E-state index contributed by atoms with van der Waals surface area (Å²) in [5, 5.41) is 3.55. The molecule has 0 saturated carbocycles. The van der Waals surface area contributed by atoms with E-state index >= 15 is 0 Å². The number of furan rings is 1. The van der Waals surface area contributed by atoms with Crippen molar-refractivity contribution in [2.45, 2.75) is 25.3 Å². The van der Waals surface area contributed by atoms with Gasteiger partial charge in [0.2, 0.25) is 0 Å². The van der Waals surface area contributed by atoms with Gasteiger partial charge in [-0.15, -0.1) is 0 Å². The summed E-state index contributed by atoms with van der Waals surface area (Å²) in [6.07, 6.45) is 5.66. The van der Waals surface area contributed by atoms with Gasteiger partial charge in [0.1, 0.15) is 5.76 Å². The number of rotatable bonds is 2. The van der Waals surface area contributed by atoms with Gasteiger partial charge in [-0.3, -0.25) is 0 Å². The second-order valence-electron chi connectivity index (χ2n) is 4.57. The first-order valence-corrected chi connectivity index (χ1v) is 5.95. The minimum atomic E-state index is 0.418. The van der Waals surface area contributed by atoms with E-state index in [9.17, 15) is 0 Å². The zero-order valence-corrected chi connectivity index (χ0v) is 9.04. The number of hydrogen-bond donors (Lipinski definition) is 1. The third kappa shape index (κ3) is 1.82. The topological polar surface area (TPSA) is 28.4 Å². The molecule has 1 saturated heterocycles. The second kappa shape index (κ2) is 3.99. The molecule has 1 unspecified atom stereocenters. The van der Waals surface area contributed by atoms with Gasteiger partial charge >= 0.3 is 0 Å². The summed E-state index contributed by atoms with van der Waals surface area (Å²) in [4.78, 5) is 2.54. The Balaban J connectivity index is 1.72. The fourth-order valence-corrected chi connectivity index (χ4v) is 2.70. The summed E-state index contributed by atoms with van der Waals surface area (Å²) in [6, 6.07) is 2.54. The van der Waals surface area contributed by atoms with Crippen molar-refractivity contribution >= 4 is 0 Å². The van der Waals surface area contributed by atoms with Crippen LogP contribution in [0.25, 0.3) is 0 Å². The van der Waals surface area contributed by atoms with E-state index in [2.05, 4.69) is 16.3 Å². The molecular weight excluding hydrogens is 188 g/mol. The Morgan fingerprint density at radius 1 is 1.40 bits per heavy atom. The van der Waals surface area contributed by atoms with Crippen LogP contribution in [0.3, 0.4) is 0 Å². The fraction of sp³-hybridized carbons (Fsp3) is 0.667. The van der Waals surface area contributed by atoms with Crippen molar-refractivity contribution in [3.63, 3.8) is 0 Å². The Hall–Kier alpha value is -0.800. The van der Waals surface area contributed by atoms with Crippen molar-refractivity contribution < 1.29 is 4.42 Å². The number of nitrogens with zero attached hydrogens (tertiary/aromatic N) is 1. The van der Waals surface area contributed by atoms with Gasteiger partial charge in [-0.05, 0) is 44.0 Å². The minimum absolute atomic E-state index is 0.418. The maximum atomic E-state index is 5.59. The predicted octanol–water partition coefficient (Wildman–Crippen LogP) is 1.56. The van der Waals surface area contributed by atoms with Crippen LogP contribution in [0, 0.1) is 0 Å². The lowest BCUT2D eigenvalue weighted by Gasteiger charge is -2.26. The lowest BCUT2D eigenvalue weighted by molar-refractivity contribution is 0.264. The van der Waals surface area contributed by atoms with E-state index in [4.69, 9.17) is 4.42 Å². The number of nitrogens with one attached hydrogen (secondary N) is 1. The van der Waals surface area contributed by atoms with Gasteiger partial charge in [-0.1, -0.05) is 0 Å². The molecule has 3 heteroatoms. The van der Waals surface area contributed by atoms with Crippen LogP contribution >= 0.6 is 0 Å². The van der Waals surface area contributed by atoms with Crippen molar-refractivity contribution in [2.24, 2.45) is 0 Å². The molecule has 3 rings (SSSR count). The highest BCUT2D eigenvalue weighted by Crippen LogP contribution is 2.25. The van der Waals surface area contributed by atoms with Gasteiger partial charge in [0.15, 0.2) is 0 Å². The van der Waals surface area contributed by atoms with E-state index in [1.165, 1.54) is 37.3 Å². The lowest BCUT2D eigenvalue weighted by Crippen LogP contribution is -2.37. The molecule has 0 aliphatic carbocycles. The van der Waals surface area contributed by atoms with Gasteiger partial charge in [0.05, 0.1) is 12.3 Å². The molecule has 0 bridgehead atoms. The van der Waals surface area contributed by atoms with Crippen LogP contribution in [0.15, 0.2) is 16.7 Å². The molecule has 15 heavy (non-hydrogen) atoms. The van der Waals surface area contributed by atoms with Crippen molar-refractivity contribution in [3.8, 4) is 0 Å². The Bertz CT molecular complexity index is 328. The monoisotopic (exact) mass is 206 g/mol. The molecule has 1 N–H and O–H groups in total. The van der Waals surface area contributed by atoms with E-state index in [1.54, 1.807) is 0 Å². The van der Waals surface area contributed by atoms with Gasteiger partial charge in [-0.2, -0.15) is 0 Å². The molecule has 0 spiro atoms. The average molecular weight is 206 g/mol. The highest BCUT2D eigenvalue weighted by Gasteiger charge is 2.25. The van der Waals surface area contributed by atoms with Gasteiger partial charge in [0.25, 0.3) is 0 Å². The number of likely N-dealkylation sites (tertiary alicyclic amines) is 1. The van der Waals surface area contributed by atoms with Gasteiger partial charge in [0, 0.05) is 13.1 Å². The lowest BCUT2D eigenvalue weighted by atomic mass is 10.0. The smallest absolute Gasteiger partial charge is 0.125 e. The highest BCUT2D eigenvalue weighted by molar-refractivity contribution is 5.23. The molecule has 2 aliphatic rings. The zero-order chi connectivity index (χ0) is 10.1. The normalized spacial score (nSPS) is 26.8. The minimum Gasteiger partial charge on any atom is -0.467 e. The Labute approximate surface area is 90.4 Å². The number of hydrogen-bond acceptors (Lipinski definition) is 3. The molecule has 1 aromatic rings. The van der Waals surface area contributed by atoms with Crippen molar-refractivity contribution in [2.75, 3.05) is 26.2 Å². The molecule has 0 radical (unpaired) electrons. The maximum Gasteiger partial charge on any atom is 0.125 e. The molecular formula is C12H18N2O. The third-order valence-corrected chi connectivity index (χ3v) is 3.52.